The Morgan fingerprint density at radius 2 is 0.971 bits per heavy atom. The SMILES string of the molecule is COc1cccc(SSc2cccc(OC)c2S(=O)(=O)NC(C)(C)C)c1S(=O)(=O)NC(C)(C)C. The van der Waals surface area contributed by atoms with Gasteiger partial charge in [-0.1, -0.05) is 33.7 Å². The monoisotopic (exact) mass is 548 g/mol. The lowest BCUT2D eigenvalue weighted by molar-refractivity contribution is 0.398. The fourth-order valence-electron chi connectivity index (χ4n) is 2.97. The molecule has 0 unspecified atom stereocenters. The van der Waals surface area contributed by atoms with E-state index in [1.165, 1.54) is 14.2 Å². The van der Waals surface area contributed by atoms with Crippen LogP contribution in [0.3, 0.4) is 0 Å². The van der Waals surface area contributed by atoms with Crippen LogP contribution in [0.15, 0.2) is 56.0 Å². The van der Waals surface area contributed by atoms with Crippen LogP contribution >= 0.6 is 21.6 Å². The molecule has 0 amide bonds. The number of rotatable bonds is 9. The molecule has 0 aliphatic rings. The molecule has 0 spiro atoms. The largest absolute Gasteiger partial charge is 0.495 e. The van der Waals surface area contributed by atoms with E-state index in [9.17, 15) is 16.8 Å². The molecule has 8 nitrogen and oxygen atoms in total. The number of methoxy groups -OCH3 is 2. The summed E-state index contributed by atoms with van der Waals surface area (Å²) >= 11 is 0. The lowest BCUT2D eigenvalue weighted by Crippen LogP contribution is -2.40. The van der Waals surface area contributed by atoms with Gasteiger partial charge in [-0.15, -0.1) is 0 Å². The highest BCUT2D eigenvalue weighted by Crippen LogP contribution is 2.46. The standard InChI is InChI=1S/C22H32N2O6S4/c1-21(2,3)23-33(25,26)19-15(29-7)11-9-13-17(19)31-32-18-14-10-12-16(30-8)20(18)34(27,28)24-22(4,5)6/h9-14,23-24H,1-8H3. The third-order valence-corrected chi connectivity index (χ3v) is 10.4. The van der Waals surface area contributed by atoms with Crippen LogP contribution in [0.25, 0.3) is 0 Å². The lowest BCUT2D eigenvalue weighted by atomic mass is 10.1. The molecule has 34 heavy (non-hydrogen) atoms. The minimum atomic E-state index is -3.94. The zero-order valence-corrected chi connectivity index (χ0v) is 23.8. The molecule has 12 heteroatoms. The molecule has 0 radical (unpaired) electrons. The van der Waals surface area contributed by atoms with Gasteiger partial charge in [0.2, 0.25) is 20.0 Å². The highest BCUT2D eigenvalue weighted by Gasteiger charge is 2.31. The summed E-state index contributed by atoms with van der Waals surface area (Å²) in [6.45, 7) is 10.5. The van der Waals surface area contributed by atoms with Crippen LogP contribution in [-0.4, -0.2) is 42.1 Å². The summed E-state index contributed by atoms with van der Waals surface area (Å²) in [5.74, 6) is 0.380. The Hall–Kier alpha value is -1.44. The van der Waals surface area contributed by atoms with E-state index in [0.717, 1.165) is 21.6 Å². The first kappa shape index (κ1) is 28.8. The predicted molar refractivity (Wildman–Crippen MR) is 138 cm³/mol. The first-order chi connectivity index (χ1) is 15.5. The Kier molecular flexibility index (Phi) is 9.04. The Morgan fingerprint density at radius 1 is 0.647 bits per heavy atom. The maximum atomic E-state index is 13.2. The van der Waals surface area contributed by atoms with Crippen molar-refractivity contribution in [2.45, 2.75) is 72.2 Å². The van der Waals surface area contributed by atoms with E-state index in [1.54, 1.807) is 77.9 Å². The van der Waals surface area contributed by atoms with E-state index in [4.69, 9.17) is 9.47 Å². The summed E-state index contributed by atoms with van der Waals surface area (Å²) in [6.07, 6.45) is 0. The molecule has 0 aliphatic carbocycles. The van der Waals surface area contributed by atoms with Gasteiger partial charge in [0, 0.05) is 20.9 Å². The van der Waals surface area contributed by atoms with Crippen LogP contribution in [-0.2, 0) is 20.0 Å². The molecule has 0 bridgehead atoms. The first-order valence-electron chi connectivity index (χ1n) is 10.3. The molecule has 2 aromatic rings. The third kappa shape index (κ3) is 7.53. The fourth-order valence-corrected chi connectivity index (χ4v) is 9.68. The number of nitrogens with one attached hydrogen (secondary N) is 2. The Bertz CT molecular complexity index is 1130. The van der Waals surface area contributed by atoms with Crippen LogP contribution in [0, 0.1) is 0 Å². The molecule has 2 aromatic carbocycles. The summed E-state index contributed by atoms with van der Waals surface area (Å²) in [5.41, 5.74) is -1.41. The van der Waals surface area contributed by atoms with Crippen molar-refractivity contribution in [1.82, 2.24) is 9.44 Å². The normalized spacial score (nSPS) is 13.1. The van der Waals surface area contributed by atoms with Gasteiger partial charge < -0.3 is 9.47 Å². The summed E-state index contributed by atoms with van der Waals surface area (Å²) in [6, 6.07) is 9.81. The summed E-state index contributed by atoms with van der Waals surface area (Å²) in [4.78, 5) is 0.780. The maximum absolute atomic E-state index is 13.2. The van der Waals surface area contributed by atoms with Gasteiger partial charge in [-0.25, -0.2) is 26.3 Å². The average molecular weight is 549 g/mol. The van der Waals surface area contributed by atoms with Crippen molar-refractivity contribution in [1.29, 1.82) is 0 Å². The van der Waals surface area contributed by atoms with Gasteiger partial charge in [-0.05, 0) is 65.8 Å². The summed E-state index contributed by atoms with van der Waals surface area (Å²) in [7, 11) is -2.83. The van der Waals surface area contributed by atoms with Gasteiger partial charge >= 0.3 is 0 Å². The summed E-state index contributed by atoms with van der Waals surface area (Å²) < 4.78 is 68.8. The molecule has 0 saturated heterocycles. The highest BCUT2D eigenvalue weighted by molar-refractivity contribution is 8.76. The average Bonchev–Trinajstić information content (AvgIpc) is 2.67. The number of ether oxygens (including phenoxy) is 2. The predicted octanol–water partition coefficient (Wildman–Crippen LogP) is 4.66. The maximum Gasteiger partial charge on any atom is 0.245 e. The number of sulfonamides is 2. The minimum Gasteiger partial charge on any atom is -0.495 e. The molecule has 190 valence electrons. The van der Waals surface area contributed by atoms with E-state index in [-0.39, 0.29) is 21.3 Å². The van der Waals surface area contributed by atoms with E-state index >= 15 is 0 Å². The second-order valence-corrected chi connectivity index (χ2v) is 14.9. The quantitative estimate of drug-likeness (QED) is 0.436. The van der Waals surface area contributed by atoms with E-state index < -0.39 is 31.1 Å². The fraction of sp³-hybridized carbons (Fsp3) is 0.455. The lowest BCUT2D eigenvalue weighted by Gasteiger charge is -2.23. The molecule has 0 aliphatic heterocycles. The van der Waals surface area contributed by atoms with Gasteiger partial charge in [0.1, 0.15) is 21.3 Å². The zero-order valence-electron chi connectivity index (χ0n) is 20.5. The Labute approximate surface area is 211 Å². The van der Waals surface area contributed by atoms with Crippen LogP contribution in [0.2, 0.25) is 0 Å². The number of hydrogen-bond donors (Lipinski definition) is 2. The molecule has 0 aromatic heterocycles. The van der Waals surface area contributed by atoms with E-state index in [2.05, 4.69) is 9.44 Å². The second-order valence-electron chi connectivity index (χ2n) is 9.45. The summed E-state index contributed by atoms with van der Waals surface area (Å²) in [5, 5.41) is 0. The molecule has 2 rings (SSSR count). The molecule has 0 saturated carbocycles. The van der Waals surface area contributed by atoms with Crippen LogP contribution in [0.5, 0.6) is 11.5 Å². The molecule has 0 atom stereocenters. The van der Waals surface area contributed by atoms with Crippen molar-refractivity contribution in [3.05, 3.63) is 36.4 Å². The molecule has 2 N–H and O–H groups in total. The van der Waals surface area contributed by atoms with Crippen molar-refractivity contribution in [2.24, 2.45) is 0 Å². The van der Waals surface area contributed by atoms with Gasteiger partial charge in [-0.2, -0.15) is 0 Å². The Balaban J connectivity index is 2.56. The molecule has 0 fully saturated rings. The highest BCUT2D eigenvalue weighted by atomic mass is 33.1. The molecular weight excluding hydrogens is 517 g/mol. The van der Waals surface area contributed by atoms with Crippen molar-refractivity contribution in [3.63, 3.8) is 0 Å². The number of hydrogen-bond acceptors (Lipinski definition) is 8. The van der Waals surface area contributed by atoms with E-state index in [1.807, 2.05) is 0 Å². The molecular formula is C22H32N2O6S4. The van der Waals surface area contributed by atoms with E-state index in [0.29, 0.717) is 9.79 Å². The van der Waals surface area contributed by atoms with Crippen molar-refractivity contribution in [2.75, 3.05) is 14.2 Å². The van der Waals surface area contributed by atoms with Crippen molar-refractivity contribution < 1.29 is 26.3 Å². The second kappa shape index (κ2) is 10.7. The van der Waals surface area contributed by atoms with Gasteiger partial charge in [0.15, 0.2) is 0 Å². The van der Waals surface area contributed by atoms with Crippen molar-refractivity contribution in [3.8, 4) is 11.5 Å². The first-order valence-corrected chi connectivity index (χ1v) is 15.4. The topological polar surface area (TPSA) is 111 Å². The number of benzene rings is 2. The van der Waals surface area contributed by atoms with Crippen LogP contribution in [0.4, 0.5) is 0 Å². The Morgan fingerprint density at radius 3 is 1.24 bits per heavy atom. The molecule has 0 heterocycles. The van der Waals surface area contributed by atoms with Gasteiger partial charge in [0.05, 0.1) is 14.2 Å². The third-order valence-electron chi connectivity index (χ3n) is 3.97. The van der Waals surface area contributed by atoms with Gasteiger partial charge in [0.25, 0.3) is 0 Å². The van der Waals surface area contributed by atoms with Crippen LogP contribution < -0.4 is 18.9 Å². The van der Waals surface area contributed by atoms with Crippen molar-refractivity contribution >= 4 is 41.6 Å². The zero-order chi connectivity index (χ0) is 25.9. The smallest absolute Gasteiger partial charge is 0.245 e. The minimum absolute atomic E-state index is 0.00922. The van der Waals surface area contributed by atoms with Gasteiger partial charge in [-0.3, -0.25) is 0 Å². The van der Waals surface area contributed by atoms with Crippen LogP contribution in [0.1, 0.15) is 41.5 Å².